The van der Waals surface area contributed by atoms with Crippen LogP contribution in [0.15, 0.2) is 18.2 Å². The van der Waals surface area contributed by atoms with Crippen LogP contribution < -0.4 is 5.73 Å². The summed E-state index contributed by atoms with van der Waals surface area (Å²) in [5, 5.41) is 11.3. The van der Waals surface area contributed by atoms with Crippen LogP contribution in [0.3, 0.4) is 0 Å². The molecule has 2 aliphatic rings. The van der Waals surface area contributed by atoms with Gasteiger partial charge in [0.1, 0.15) is 0 Å². The van der Waals surface area contributed by atoms with Gasteiger partial charge in [0, 0.05) is 12.0 Å². The predicted molar refractivity (Wildman–Crippen MR) is 73.4 cm³/mol. The van der Waals surface area contributed by atoms with Gasteiger partial charge in [0.25, 0.3) is 0 Å². The Hall–Kier alpha value is -0.860. The molecular weight excluding hydrogens is 222 g/mol. The van der Waals surface area contributed by atoms with Crippen molar-refractivity contribution in [2.75, 3.05) is 6.54 Å². The summed E-state index contributed by atoms with van der Waals surface area (Å²) in [6.07, 6.45) is 6.42. The molecule has 0 saturated heterocycles. The van der Waals surface area contributed by atoms with E-state index in [2.05, 4.69) is 25.1 Å². The van der Waals surface area contributed by atoms with Crippen molar-refractivity contribution in [1.29, 1.82) is 0 Å². The van der Waals surface area contributed by atoms with Gasteiger partial charge in [0.05, 0.1) is 5.60 Å². The average Bonchev–Trinajstić information content (AvgIpc) is 2.97. The first-order valence-corrected chi connectivity index (χ1v) is 7.14. The van der Waals surface area contributed by atoms with Gasteiger partial charge in [-0.3, -0.25) is 0 Å². The zero-order chi connectivity index (χ0) is 12.8. The van der Waals surface area contributed by atoms with E-state index in [1.54, 1.807) is 0 Å². The Morgan fingerprint density at radius 3 is 2.61 bits per heavy atom. The quantitative estimate of drug-likeness (QED) is 0.841. The molecule has 2 aliphatic carbocycles. The second-order valence-corrected chi connectivity index (χ2v) is 6.21. The van der Waals surface area contributed by atoms with Crippen LogP contribution in [0.5, 0.6) is 0 Å². The topological polar surface area (TPSA) is 46.2 Å². The van der Waals surface area contributed by atoms with Crippen LogP contribution in [-0.2, 0) is 12.0 Å². The van der Waals surface area contributed by atoms with Gasteiger partial charge in [0.15, 0.2) is 0 Å². The molecule has 0 radical (unpaired) electrons. The summed E-state index contributed by atoms with van der Waals surface area (Å²) in [5.74, 6) is 0. The fourth-order valence-corrected chi connectivity index (χ4v) is 4.13. The Balaban J connectivity index is 2.10. The normalized spacial score (nSPS) is 29.5. The summed E-state index contributed by atoms with van der Waals surface area (Å²) in [6.45, 7) is 2.71. The molecule has 1 unspecified atom stereocenters. The van der Waals surface area contributed by atoms with Gasteiger partial charge in [-0.05, 0) is 43.7 Å². The number of fused-ring (bicyclic) bond motifs is 1. The highest BCUT2D eigenvalue weighted by Gasteiger charge is 2.54. The third-order valence-electron chi connectivity index (χ3n) is 5.30. The molecule has 1 atom stereocenters. The molecule has 18 heavy (non-hydrogen) atoms. The van der Waals surface area contributed by atoms with Crippen LogP contribution >= 0.6 is 0 Å². The van der Waals surface area contributed by atoms with E-state index in [1.807, 2.05) is 0 Å². The first-order valence-electron chi connectivity index (χ1n) is 7.14. The Kier molecular flexibility index (Phi) is 2.76. The van der Waals surface area contributed by atoms with Crippen LogP contribution in [-0.4, -0.2) is 11.7 Å². The molecule has 1 fully saturated rings. The zero-order valence-corrected chi connectivity index (χ0v) is 11.2. The van der Waals surface area contributed by atoms with Crippen molar-refractivity contribution >= 4 is 0 Å². The molecule has 3 rings (SSSR count). The van der Waals surface area contributed by atoms with Crippen LogP contribution in [0.4, 0.5) is 0 Å². The minimum Gasteiger partial charge on any atom is -0.385 e. The molecule has 1 aromatic carbocycles. The fourth-order valence-electron chi connectivity index (χ4n) is 4.13. The molecule has 3 N–H and O–H groups in total. The van der Waals surface area contributed by atoms with E-state index in [-0.39, 0.29) is 5.41 Å². The van der Waals surface area contributed by atoms with Crippen molar-refractivity contribution in [1.82, 2.24) is 0 Å². The molecule has 0 heterocycles. The highest BCUT2D eigenvalue weighted by Crippen LogP contribution is 2.56. The van der Waals surface area contributed by atoms with Gasteiger partial charge in [0.2, 0.25) is 0 Å². The number of aliphatic hydroxyl groups is 1. The molecular formula is C16H23NO. The first-order chi connectivity index (χ1) is 8.61. The smallest absolute Gasteiger partial charge is 0.0970 e. The van der Waals surface area contributed by atoms with E-state index in [0.29, 0.717) is 6.54 Å². The number of rotatable bonds is 2. The van der Waals surface area contributed by atoms with Gasteiger partial charge in [-0.15, -0.1) is 0 Å². The first kappa shape index (κ1) is 12.2. The molecule has 0 aliphatic heterocycles. The van der Waals surface area contributed by atoms with Crippen molar-refractivity contribution < 1.29 is 5.11 Å². The van der Waals surface area contributed by atoms with Crippen molar-refractivity contribution in [3.8, 4) is 0 Å². The van der Waals surface area contributed by atoms with Crippen LogP contribution in [0.25, 0.3) is 0 Å². The van der Waals surface area contributed by atoms with Crippen LogP contribution in [0, 0.1) is 12.3 Å². The summed E-state index contributed by atoms with van der Waals surface area (Å²) in [6, 6.07) is 6.51. The molecule has 1 aromatic rings. The van der Waals surface area contributed by atoms with E-state index in [4.69, 9.17) is 5.73 Å². The summed E-state index contributed by atoms with van der Waals surface area (Å²) < 4.78 is 0. The lowest BCUT2D eigenvalue weighted by molar-refractivity contribution is -0.0835. The maximum atomic E-state index is 11.3. The predicted octanol–water partition coefficient (Wildman–Crippen LogP) is 2.65. The van der Waals surface area contributed by atoms with Gasteiger partial charge in [-0.25, -0.2) is 0 Å². The van der Waals surface area contributed by atoms with Crippen molar-refractivity contribution in [3.63, 3.8) is 0 Å². The van der Waals surface area contributed by atoms with Gasteiger partial charge in [-0.2, -0.15) is 0 Å². The van der Waals surface area contributed by atoms with E-state index >= 15 is 0 Å². The van der Waals surface area contributed by atoms with Crippen LogP contribution in [0.2, 0.25) is 0 Å². The lowest BCUT2D eigenvalue weighted by Gasteiger charge is -2.43. The van der Waals surface area contributed by atoms with E-state index < -0.39 is 5.60 Å². The molecule has 0 aromatic heterocycles. The minimum atomic E-state index is -0.681. The summed E-state index contributed by atoms with van der Waals surface area (Å²) >= 11 is 0. The number of nitrogens with two attached hydrogens (primary N) is 1. The Labute approximate surface area is 109 Å². The standard InChI is InChI=1S/C16H23NO/c1-12-4-5-13-6-9-16(18,14(13)10-12)15(11-17)7-2-3-8-15/h4-5,10,18H,2-3,6-9,11,17H2,1H3. The van der Waals surface area contributed by atoms with Gasteiger partial charge < -0.3 is 10.8 Å². The lowest BCUT2D eigenvalue weighted by atomic mass is 9.67. The highest BCUT2D eigenvalue weighted by atomic mass is 16.3. The molecule has 0 bridgehead atoms. The van der Waals surface area contributed by atoms with Crippen LogP contribution in [0.1, 0.15) is 48.8 Å². The molecule has 2 heteroatoms. The second kappa shape index (κ2) is 4.07. The maximum Gasteiger partial charge on any atom is 0.0970 e. The SMILES string of the molecule is Cc1ccc2c(c1)C(O)(C1(CN)CCCC1)CC2. The van der Waals surface area contributed by atoms with Gasteiger partial charge in [-0.1, -0.05) is 36.6 Å². The molecule has 1 saturated carbocycles. The number of benzene rings is 1. The average molecular weight is 245 g/mol. The molecule has 98 valence electrons. The third kappa shape index (κ3) is 1.49. The van der Waals surface area contributed by atoms with Gasteiger partial charge >= 0.3 is 0 Å². The zero-order valence-electron chi connectivity index (χ0n) is 11.2. The Morgan fingerprint density at radius 2 is 1.94 bits per heavy atom. The summed E-state index contributed by atoms with van der Waals surface area (Å²) in [7, 11) is 0. The fraction of sp³-hybridized carbons (Fsp3) is 0.625. The minimum absolute atomic E-state index is 0.0773. The maximum absolute atomic E-state index is 11.3. The summed E-state index contributed by atoms with van der Waals surface area (Å²) in [4.78, 5) is 0. The highest BCUT2D eigenvalue weighted by molar-refractivity contribution is 5.42. The second-order valence-electron chi connectivity index (χ2n) is 6.21. The molecule has 0 spiro atoms. The van der Waals surface area contributed by atoms with Crippen molar-refractivity contribution in [2.45, 2.75) is 51.0 Å². The lowest BCUT2D eigenvalue weighted by Crippen LogP contribution is -2.47. The Bertz CT molecular complexity index is 462. The van der Waals surface area contributed by atoms with Crippen molar-refractivity contribution in [3.05, 3.63) is 34.9 Å². The Morgan fingerprint density at radius 1 is 1.22 bits per heavy atom. The van der Waals surface area contributed by atoms with Crippen molar-refractivity contribution in [2.24, 2.45) is 11.1 Å². The molecule has 0 amide bonds. The number of aryl methyl sites for hydroxylation is 2. The summed E-state index contributed by atoms with van der Waals surface area (Å²) in [5.41, 5.74) is 9.03. The van der Waals surface area contributed by atoms with E-state index in [1.165, 1.54) is 24.0 Å². The molecule has 2 nitrogen and oxygen atoms in total. The number of hydrogen-bond acceptors (Lipinski definition) is 2. The van der Waals surface area contributed by atoms with E-state index in [0.717, 1.165) is 31.2 Å². The largest absolute Gasteiger partial charge is 0.385 e. The third-order valence-corrected chi connectivity index (χ3v) is 5.30. The van der Waals surface area contributed by atoms with E-state index in [9.17, 15) is 5.11 Å². The number of hydrogen-bond donors (Lipinski definition) is 2. The monoisotopic (exact) mass is 245 g/mol.